The molecule has 0 aromatic heterocycles. The standard InChI is InChI=1S/C12H14BrFO3/c1-7(5-11(15)17-2)12(16)9-4-3-8(14)6-10(9)13/h3-4,6-7,12,16H,5H2,1-2H3. The fourth-order valence-electron chi connectivity index (χ4n) is 1.51. The molecule has 94 valence electrons. The summed E-state index contributed by atoms with van der Waals surface area (Å²) in [5.41, 5.74) is 0.558. The summed E-state index contributed by atoms with van der Waals surface area (Å²) < 4.78 is 17.9. The monoisotopic (exact) mass is 304 g/mol. The van der Waals surface area contributed by atoms with Crippen LogP contribution in [-0.4, -0.2) is 18.2 Å². The highest BCUT2D eigenvalue weighted by atomic mass is 79.9. The molecule has 2 atom stereocenters. The van der Waals surface area contributed by atoms with Crippen LogP contribution in [0.5, 0.6) is 0 Å². The summed E-state index contributed by atoms with van der Waals surface area (Å²) in [6.07, 6.45) is -0.731. The Morgan fingerprint density at radius 1 is 1.59 bits per heavy atom. The maximum Gasteiger partial charge on any atom is 0.305 e. The molecule has 5 heteroatoms. The van der Waals surface area contributed by atoms with Crippen molar-refractivity contribution in [1.82, 2.24) is 0 Å². The molecule has 0 saturated heterocycles. The van der Waals surface area contributed by atoms with Gasteiger partial charge in [-0.1, -0.05) is 28.9 Å². The Balaban J connectivity index is 2.81. The first kappa shape index (κ1) is 14.1. The van der Waals surface area contributed by atoms with Gasteiger partial charge in [-0.25, -0.2) is 4.39 Å². The van der Waals surface area contributed by atoms with Crippen molar-refractivity contribution in [3.05, 3.63) is 34.1 Å². The van der Waals surface area contributed by atoms with Crippen molar-refractivity contribution in [3.8, 4) is 0 Å². The van der Waals surface area contributed by atoms with Crippen LogP contribution in [0.4, 0.5) is 4.39 Å². The molecule has 0 amide bonds. The van der Waals surface area contributed by atoms with Crippen molar-refractivity contribution in [2.24, 2.45) is 5.92 Å². The first-order valence-electron chi connectivity index (χ1n) is 5.15. The summed E-state index contributed by atoms with van der Waals surface area (Å²) in [6.45, 7) is 1.73. The molecule has 1 N–H and O–H groups in total. The third kappa shape index (κ3) is 3.78. The largest absolute Gasteiger partial charge is 0.469 e. The summed E-state index contributed by atoms with van der Waals surface area (Å²) in [4.78, 5) is 11.1. The fourth-order valence-corrected chi connectivity index (χ4v) is 2.09. The van der Waals surface area contributed by atoms with Crippen molar-refractivity contribution in [2.75, 3.05) is 7.11 Å². The Bertz CT molecular complexity index is 409. The SMILES string of the molecule is COC(=O)CC(C)C(O)c1ccc(F)cc1Br. The number of esters is 1. The molecule has 2 unspecified atom stereocenters. The van der Waals surface area contributed by atoms with Gasteiger partial charge in [0.15, 0.2) is 0 Å². The van der Waals surface area contributed by atoms with Gasteiger partial charge in [0.25, 0.3) is 0 Å². The minimum atomic E-state index is -0.843. The first-order chi connectivity index (χ1) is 7.95. The highest BCUT2D eigenvalue weighted by Crippen LogP contribution is 2.30. The van der Waals surface area contributed by atoms with Gasteiger partial charge in [0, 0.05) is 4.47 Å². The molecule has 0 aliphatic heterocycles. The second-order valence-corrected chi connectivity index (χ2v) is 4.72. The normalized spacial score (nSPS) is 14.2. The Morgan fingerprint density at radius 2 is 2.24 bits per heavy atom. The van der Waals surface area contributed by atoms with Gasteiger partial charge in [-0.2, -0.15) is 0 Å². The number of methoxy groups -OCH3 is 1. The van der Waals surface area contributed by atoms with E-state index < -0.39 is 6.10 Å². The Morgan fingerprint density at radius 3 is 2.76 bits per heavy atom. The van der Waals surface area contributed by atoms with Crippen LogP contribution in [0.1, 0.15) is 25.0 Å². The van der Waals surface area contributed by atoms with Gasteiger partial charge in [0.2, 0.25) is 0 Å². The van der Waals surface area contributed by atoms with Crippen LogP contribution in [0.3, 0.4) is 0 Å². The van der Waals surface area contributed by atoms with Crippen molar-refractivity contribution >= 4 is 21.9 Å². The lowest BCUT2D eigenvalue weighted by Gasteiger charge is -2.19. The molecule has 0 bridgehead atoms. The van der Waals surface area contributed by atoms with E-state index in [9.17, 15) is 14.3 Å². The van der Waals surface area contributed by atoms with Gasteiger partial charge in [0.05, 0.1) is 19.6 Å². The van der Waals surface area contributed by atoms with Crippen LogP contribution < -0.4 is 0 Å². The van der Waals surface area contributed by atoms with E-state index in [1.54, 1.807) is 6.92 Å². The van der Waals surface area contributed by atoms with Gasteiger partial charge in [-0.15, -0.1) is 0 Å². The molecule has 0 aliphatic carbocycles. The van der Waals surface area contributed by atoms with Crippen LogP contribution in [0.15, 0.2) is 22.7 Å². The predicted octanol–water partition coefficient (Wildman–Crippen LogP) is 2.82. The molecule has 17 heavy (non-hydrogen) atoms. The van der Waals surface area contributed by atoms with Gasteiger partial charge in [-0.05, 0) is 23.6 Å². The van der Waals surface area contributed by atoms with Crippen molar-refractivity contribution in [2.45, 2.75) is 19.4 Å². The van der Waals surface area contributed by atoms with E-state index in [1.807, 2.05) is 0 Å². The fraction of sp³-hybridized carbons (Fsp3) is 0.417. The number of aliphatic hydroxyl groups excluding tert-OH is 1. The van der Waals surface area contributed by atoms with Crippen LogP contribution in [0.2, 0.25) is 0 Å². The third-order valence-corrected chi connectivity index (χ3v) is 3.22. The summed E-state index contributed by atoms with van der Waals surface area (Å²) in [7, 11) is 1.30. The number of aliphatic hydroxyl groups is 1. The summed E-state index contributed by atoms with van der Waals surface area (Å²) in [5, 5.41) is 10.0. The van der Waals surface area contributed by atoms with Crippen LogP contribution >= 0.6 is 15.9 Å². The Kier molecular flexibility index (Phi) is 5.08. The third-order valence-electron chi connectivity index (χ3n) is 2.54. The van der Waals surface area contributed by atoms with Gasteiger partial charge in [0.1, 0.15) is 5.82 Å². The zero-order valence-corrected chi connectivity index (χ0v) is 11.2. The lowest BCUT2D eigenvalue weighted by molar-refractivity contribution is -0.142. The Hall–Kier alpha value is -0.940. The number of carbonyl (C=O) groups is 1. The van der Waals surface area contributed by atoms with Gasteiger partial charge in [-0.3, -0.25) is 4.79 Å². The van der Waals surface area contributed by atoms with Crippen molar-refractivity contribution in [3.63, 3.8) is 0 Å². The van der Waals surface area contributed by atoms with Gasteiger partial charge >= 0.3 is 5.97 Å². The van der Waals surface area contributed by atoms with Crippen LogP contribution in [-0.2, 0) is 9.53 Å². The van der Waals surface area contributed by atoms with Crippen LogP contribution in [0.25, 0.3) is 0 Å². The highest BCUT2D eigenvalue weighted by molar-refractivity contribution is 9.10. The maximum atomic E-state index is 12.9. The van der Waals surface area contributed by atoms with E-state index in [1.165, 1.54) is 25.3 Å². The second kappa shape index (κ2) is 6.12. The molecular formula is C12H14BrFO3. The maximum absolute atomic E-state index is 12.9. The van der Waals surface area contributed by atoms with Crippen LogP contribution in [0, 0.1) is 11.7 Å². The molecule has 1 aromatic carbocycles. The van der Waals surface area contributed by atoms with E-state index in [0.717, 1.165) is 0 Å². The molecular weight excluding hydrogens is 291 g/mol. The molecule has 0 aliphatic rings. The average Bonchev–Trinajstić information content (AvgIpc) is 2.28. The quantitative estimate of drug-likeness (QED) is 0.870. The molecule has 0 radical (unpaired) electrons. The summed E-state index contributed by atoms with van der Waals surface area (Å²) in [5.74, 6) is -1.06. The summed E-state index contributed by atoms with van der Waals surface area (Å²) >= 11 is 3.18. The molecule has 3 nitrogen and oxygen atoms in total. The minimum absolute atomic E-state index is 0.113. The minimum Gasteiger partial charge on any atom is -0.469 e. The van der Waals surface area contributed by atoms with E-state index in [2.05, 4.69) is 20.7 Å². The van der Waals surface area contributed by atoms with Crippen molar-refractivity contribution in [1.29, 1.82) is 0 Å². The summed E-state index contributed by atoms with van der Waals surface area (Å²) in [6, 6.07) is 4.05. The molecule has 0 heterocycles. The molecule has 0 saturated carbocycles. The van der Waals surface area contributed by atoms with Gasteiger partial charge < -0.3 is 9.84 Å². The topological polar surface area (TPSA) is 46.5 Å². The molecule has 0 spiro atoms. The average molecular weight is 305 g/mol. The lowest BCUT2D eigenvalue weighted by atomic mass is 9.95. The number of halogens is 2. The number of carbonyl (C=O) groups excluding carboxylic acids is 1. The molecule has 0 fully saturated rings. The van der Waals surface area contributed by atoms with E-state index in [0.29, 0.717) is 10.0 Å². The number of hydrogen-bond donors (Lipinski definition) is 1. The number of ether oxygens (including phenoxy) is 1. The highest BCUT2D eigenvalue weighted by Gasteiger charge is 2.21. The van der Waals surface area contributed by atoms with E-state index >= 15 is 0 Å². The van der Waals surface area contributed by atoms with E-state index in [-0.39, 0.29) is 24.1 Å². The smallest absolute Gasteiger partial charge is 0.305 e. The predicted molar refractivity (Wildman–Crippen MR) is 64.9 cm³/mol. The second-order valence-electron chi connectivity index (χ2n) is 3.87. The lowest BCUT2D eigenvalue weighted by Crippen LogP contribution is -2.15. The Labute approximate surface area is 108 Å². The zero-order valence-electron chi connectivity index (χ0n) is 9.61. The molecule has 1 rings (SSSR count). The number of hydrogen-bond acceptors (Lipinski definition) is 3. The molecule has 1 aromatic rings. The zero-order chi connectivity index (χ0) is 13.0. The first-order valence-corrected chi connectivity index (χ1v) is 5.94. The van der Waals surface area contributed by atoms with E-state index in [4.69, 9.17) is 0 Å². The van der Waals surface area contributed by atoms with Crippen molar-refractivity contribution < 1.29 is 19.0 Å². The number of rotatable bonds is 4. The number of benzene rings is 1.